The molecule has 0 aliphatic carbocycles. The fourth-order valence-electron chi connectivity index (χ4n) is 3.14. The van der Waals surface area contributed by atoms with E-state index in [1.165, 1.54) is 0 Å². The van der Waals surface area contributed by atoms with Gasteiger partial charge in [-0.2, -0.15) is 5.26 Å². The minimum absolute atomic E-state index is 0.00490. The number of likely N-dealkylation sites (tertiary alicyclic amines) is 1. The summed E-state index contributed by atoms with van der Waals surface area (Å²) < 4.78 is 11.4. The molecule has 1 N–H and O–H groups in total. The summed E-state index contributed by atoms with van der Waals surface area (Å²) in [6.07, 6.45) is 5.32. The molecule has 0 bridgehead atoms. The normalized spacial score (nSPS) is 16.3. The van der Waals surface area contributed by atoms with E-state index in [0.717, 1.165) is 18.4 Å². The highest BCUT2D eigenvalue weighted by Crippen LogP contribution is 2.23. The van der Waals surface area contributed by atoms with Crippen LogP contribution in [0.4, 0.5) is 10.5 Å². The Morgan fingerprint density at radius 3 is 3.07 bits per heavy atom. The number of nitrogens with one attached hydrogen (secondary N) is 1. The maximum atomic E-state index is 12.6. The molecule has 1 aliphatic heterocycles. The molecule has 3 rings (SSSR count). The first kappa shape index (κ1) is 19.6. The van der Waals surface area contributed by atoms with Gasteiger partial charge in [0.25, 0.3) is 0 Å². The van der Waals surface area contributed by atoms with Crippen LogP contribution >= 0.6 is 0 Å². The quantitative estimate of drug-likeness (QED) is 0.828. The first-order chi connectivity index (χ1) is 13.7. The molecule has 146 valence electrons. The van der Waals surface area contributed by atoms with Gasteiger partial charge in [0.2, 0.25) is 0 Å². The topological polar surface area (TPSA) is 87.5 Å². The van der Waals surface area contributed by atoms with Crippen LogP contribution in [-0.2, 0) is 11.3 Å². The monoisotopic (exact) mass is 380 g/mol. The fourth-order valence-corrected chi connectivity index (χ4v) is 3.14. The molecule has 28 heavy (non-hydrogen) atoms. The summed E-state index contributed by atoms with van der Waals surface area (Å²) in [7, 11) is 0. The highest BCUT2D eigenvalue weighted by molar-refractivity contribution is 5.89. The largest absolute Gasteiger partial charge is 0.492 e. The van der Waals surface area contributed by atoms with Gasteiger partial charge in [-0.25, -0.2) is 4.79 Å². The minimum atomic E-state index is -0.192. The van der Waals surface area contributed by atoms with E-state index >= 15 is 0 Å². The first-order valence-corrected chi connectivity index (χ1v) is 9.43. The summed E-state index contributed by atoms with van der Waals surface area (Å²) in [6, 6.07) is 10.8. The summed E-state index contributed by atoms with van der Waals surface area (Å²) in [4.78, 5) is 18.5. The van der Waals surface area contributed by atoms with Crippen LogP contribution in [-0.4, -0.2) is 41.7 Å². The van der Waals surface area contributed by atoms with E-state index < -0.39 is 0 Å². The van der Waals surface area contributed by atoms with Crippen molar-refractivity contribution >= 4 is 11.7 Å². The average molecular weight is 380 g/mol. The Labute approximate surface area is 164 Å². The average Bonchev–Trinajstić information content (AvgIpc) is 2.74. The van der Waals surface area contributed by atoms with Crippen LogP contribution in [0.1, 0.15) is 30.9 Å². The second-order valence-corrected chi connectivity index (χ2v) is 6.57. The summed E-state index contributed by atoms with van der Waals surface area (Å²) in [6.45, 7) is 4.04. The van der Waals surface area contributed by atoms with Crippen LogP contribution in [0.15, 0.2) is 42.7 Å². The molecule has 0 radical (unpaired) electrons. The van der Waals surface area contributed by atoms with Crippen LogP contribution in [0.5, 0.6) is 5.75 Å². The van der Waals surface area contributed by atoms with Gasteiger partial charge in [0, 0.05) is 31.2 Å². The number of carbonyl (C=O) groups is 1. The first-order valence-electron chi connectivity index (χ1n) is 9.43. The Hall–Kier alpha value is -3.11. The van der Waals surface area contributed by atoms with Crippen molar-refractivity contribution in [2.24, 2.45) is 0 Å². The Morgan fingerprint density at radius 2 is 2.32 bits per heavy atom. The van der Waals surface area contributed by atoms with Crippen molar-refractivity contribution in [1.82, 2.24) is 9.88 Å². The number of carbonyl (C=O) groups excluding carboxylic acids is 1. The van der Waals surface area contributed by atoms with Gasteiger partial charge in [-0.05, 0) is 49.6 Å². The summed E-state index contributed by atoms with van der Waals surface area (Å²) in [5.41, 5.74) is 1.99. The number of hydrogen-bond donors (Lipinski definition) is 1. The van der Waals surface area contributed by atoms with Gasteiger partial charge in [0.05, 0.1) is 24.9 Å². The molecular formula is C21H24N4O3. The zero-order valence-corrected chi connectivity index (χ0v) is 15.9. The number of nitrogens with zero attached hydrogens (tertiary/aromatic N) is 3. The maximum absolute atomic E-state index is 12.6. The molecule has 7 heteroatoms. The lowest BCUT2D eigenvalue weighted by atomic mass is 10.1. The smallest absolute Gasteiger partial charge is 0.321 e. The second-order valence-electron chi connectivity index (χ2n) is 6.57. The number of rotatable bonds is 6. The Balaban J connectivity index is 1.56. The van der Waals surface area contributed by atoms with Crippen molar-refractivity contribution < 1.29 is 14.3 Å². The van der Waals surface area contributed by atoms with Crippen molar-refractivity contribution in [1.29, 1.82) is 5.26 Å². The predicted molar refractivity (Wildman–Crippen MR) is 105 cm³/mol. The van der Waals surface area contributed by atoms with E-state index in [1.807, 2.05) is 19.1 Å². The molecule has 2 amide bonds. The number of hydrogen-bond acceptors (Lipinski definition) is 5. The second kappa shape index (κ2) is 9.72. The van der Waals surface area contributed by atoms with Gasteiger partial charge < -0.3 is 19.7 Å². The van der Waals surface area contributed by atoms with E-state index in [-0.39, 0.29) is 12.1 Å². The third kappa shape index (κ3) is 5.21. The van der Waals surface area contributed by atoms with Crippen LogP contribution in [0, 0.1) is 11.3 Å². The fraction of sp³-hybridized carbons (Fsp3) is 0.381. The van der Waals surface area contributed by atoms with Crippen molar-refractivity contribution in [2.45, 2.75) is 32.5 Å². The van der Waals surface area contributed by atoms with E-state index in [9.17, 15) is 10.1 Å². The molecule has 2 heterocycles. The summed E-state index contributed by atoms with van der Waals surface area (Å²) in [5, 5.41) is 12.1. The summed E-state index contributed by atoms with van der Waals surface area (Å²) >= 11 is 0. The molecule has 1 aliphatic rings. The molecule has 0 unspecified atom stereocenters. The van der Waals surface area contributed by atoms with Gasteiger partial charge >= 0.3 is 6.03 Å². The van der Waals surface area contributed by atoms with Gasteiger partial charge in [0.1, 0.15) is 11.8 Å². The Kier molecular flexibility index (Phi) is 6.82. The Bertz CT molecular complexity index is 835. The number of anilines is 1. The highest BCUT2D eigenvalue weighted by atomic mass is 16.5. The van der Waals surface area contributed by atoms with Crippen molar-refractivity contribution in [3.05, 3.63) is 53.9 Å². The lowest BCUT2D eigenvalue weighted by molar-refractivity contribution is 0.000916. The molecule has 0 spiro atoms. The molecule has 1 saturated heterocycles. The zero-order chi connectivity index (χ0) is 19.8. The number of ether oxygens (including phenoxy) is 2. The van der Waals surface area contributed by atoms with Crippen LogP contribution in [0.3, 0.4) is 0 Å². The molecule has 1 atom stereocenters. The number of pyridine rings is 1. The third-order valence-electron chi connectivity index (χ3n) is 4.52. The molecule has 1 aromatic carbocycles. The third-order valence-corrected chi connectivity index (χ3v) is 4.52. The zero-order valence-electron chi connectivity index (χ0n) is 15.9. The van der Waals surface area contributed by atoms with Gasteiger partial charge in [-0.3, -0.25) is 4.98 Å². The number of piperidine rings is 1. The van der Waals surface area contributed by atoms with Gasteiger partial charge in [0.15, 0.2) is 0 Å². The van der Waals surface area contributed by atoms with E-state index in [4.69, 9.17) is 9.47 Å². The molecular weight excluding hydrogens is 356 g/mol. The highest BCUT2D eigenvalue weighted by Gasteiger charge is 2.24. The molecule has 7 nitrogen and oxygen atoms in total. The van der Waals surface area contributed by atoms with Gasteiger partial charge in [-0.1, -0.05) is 6.07 Å². The van der Waals surface area contributed by atoms with E-state index in [1.54, 1.807) is 35.5 Å². The summed E-state index contributed by atoms with van der Waals surface area (Å²) in [5.74, 6) is 0.518. The number of nitriles is 1. The number of amides is 2. The number of urea groups is 1. The van der Waals surface area contributed by atoms with Crippen LogP contribution in [0.2, 0.25) is 0 Å². The predicted octanol–water partition coefficient (Wildman–Crippen LogP) is 3.57. The molecule has 1 fully saturated rings. The lowest BCUT2D eigenvalue weighted by Crippen LogP contribution is -2.45. The molecule has 1 aromatic heterocycles. The van der Waals surface area contributed by atoms with Crippen molar-refractivity contribution in [3.8, 4) is 11.8 Å². The maximum Gasteiger partial charge on any atom is 0.321 e. The van der Waals surface area contributed by atoms with Gasteiger partial charge in [-0.15, -0.1) is 0 Å². The van der Waals surface area contributed by atoms with Crippen molar-refractivity contribution in [3.63, 3.8) is 0 Å². The van der Waals surface area contributed by atoms with Crippen LogP contribution < -0.4 is 10.1 Å². The Morgan fingerprint density at radius 1 is 1.43 bits per heavy atom. The molecule has 2 aromatic rings. The van der Waals surface area contributed by atoms with E-state index in [2.05, 4.69) is 16.4 Å². The van der Waals surface area contributed by atoms with E-state index in [0.29, 0.717) is 43.3 Å². The SMILES string of the molecule is CCOc1ccc(NC(=O)N2CCC[C@H](OCc3cccnc3)C2)cc1C#N. The minimum Gasteiger partial charge on any atom is -0.492 e. The standard InChI is InChI=1S/C21H24N4O3/c1-2-27-20-8-7-18(11-17(20)12-22)24-21(26)25-10-4-6-19(14-25)28-15-16-5-3-9-23-13-16/h3,5,7-9,11,13,19H,2,4,6,10,14-15H2,1H3,(H,24,26)/t19-/m0/s1. The van der Waals surface area contributed by atoms with Crippen molar-refractivity contribution in [2.75, 3.05) is 25.0 Å². The van der Waals surface area contributed by atoms with Crippen LogP contribution in [0.25, 0.3) is 0 Å². The molecule has 0 saturated carbocycles. The number of aromatic nitrogens is 1. The number of benzene rings is 1. The lowest BCUT2D eigenvalue weighted by Gasteiger charge is -2.32.